The zero-order valence-corrected chi connectivity index (χ0v) is 15.7. The van der Waals surface area contributed by atoms with Gasteiger partial charge < -0.3 is 5.32 Å². The number of aromatic amines is 1. The van der Waals surface area contributed by atoms with Crippen molar-refractivity contribution in [1.29, 1.82) is 0 Å². The van der Waals surface area contributed by atoms with Gasteiger partial charge in [0.2, 0.25) is 0 Å². The molecule has 0 unspecified atom stereocenters. The number of aromatic nitrogens is 4. The largest absolute Gasteiger partial charge is 0.471 e. The highest BCUT2D eigenvalue weighted by atomic mass is 19.4. The van der Waals surface area contributed by atoms with E-state index in [1.807, 2.05) is 30.3 Å². The highest BCUT2D eigenvalue weighted by molar-refractivity contribution is 5.97. The summed E-state index contributed by atoms with van der Waals surface area (Å²) in [6.45, 7) is 0.135. The molecule has 0 bridgehead atoms. The Labute approximate surface area is 171 Å². The minimum atomic E-state index is -5.04. The predicted molar refractivity (Wildman–Crippen MR) is 107 cm³/mol. The van der Waals surface area contributed by atoms with Gasteiger partial charge in [0.15, 0.2) is 11.2 Å². The van der Waals surface area contributed by atoms with Crippen LogP contribution in [0, 0.1) is 0 Å². The molecule has 0 radical (unpaired) electrons. The summed E-state index contributed by atoms with van der Waals surface area (Å²) in [5.41, 5.74) is -0.359. The Balaban J connectivity index is 1.71. The van der Waals surface area contributed by atoms with E-state index in [0.29, 0.717) is 6.42 Å². The monoisotopic (exact) mass is 429 g/mol. The van der Waals surface area contributed by atoms with Gasteiger partial charge in [-0.2, -0.15) is 13.2 Å². The number of alkyl halides is 3. The molecule has 0 spiro atoms. The number of hydrogen-bond donors (Lipinski definition) is 2. The lowest BCUT2D eigenvalue weighted by atomic mass is 10.1. The standard InChI is InChI=1S/C20H14F3N5O3/c21-20(22,23)18(30)24-12-6-7-13-14(10-12)26-16-15(25-13)17(29)28(19(31)27-16)9-8-11-4-2-1-3-5-11/h1-7,10H,8-9H2,(H,24,30)(H,26,27,31). The molecule has 2 aromatic carbocycles. The van der Waals surface area contributed by atoms with E-state index >= 15 is 0 Å². The van der Waals surface area contributed by atoms with E-state index in [2.05, 4.69) is 15.0 Å². The molecule has 0 fully saturated rings. The molecule has 2 aromatic heterocycles. The van der Waals surface area contributed by atoms with Gasteiger partial charge in [-0.05, 0) is 30.2 Å². The molecule has 2 N–H and O–H groups in total. The molecule has 0 aliphatic rings. The first-order valence-corrected chi connectivity index (χ1v) is 9.09. The van der Waals surface area contributed by atoms with Crippen molar-refractivity contribution in [2.75, 3.05) is 5.32 Å². The molecular weight excluding hydrogens is 415 g/mol. The summed E-state index contributed by atoms with van der Waals surface area (Å²) in [4.78, 5) is 47.1. The van der Waals surface area contributed by atoms with Crippen molar-refractivity contribution < 1.29 is 18.0 Å². The maximum atomic E-state index is 12.8. The van der Waals surface area contributed by atoms with Crippen LogP contribution in [0.4, 0.5) is 18.9 Å². The quantitative estimate of drug-likeness (QED) is 0.484. The average molecular weight is 429 g/mol. The summed E-state index contributed by atoms with van der Waals surface area (Å²) in [5.74, 6) is -2.13. The maximum Gasteiger partial charge on any atom is 0.471 e. The van der Waals surface area contributed by atoms with E-state index in [-0.39, 0.29) is 34.4 Å². The number of anilines is 1. The smallest absolute Gasteiger partial charge is 0.318 e. The van der Waals surface area contributed by atoms with Crippen molar-refractivity contribution >= 4 is 33.8 Å². The summed E-state index contributed by atoms with van der Waals surface area (Å²) >= 11 is 0. The fraction of sp³-hybridized carbons (Fsp3) is 0.150. The van der Waals surface area contributed by atoms with E-state index < -0.39 is 23.3 Å². The number of amides is 1. The summed E-state index contributed by atoms with van der Waals surface area (Å²) in [5, 5.41) is 1.72. The van der Waals surface area contributed by atoms with Crippen LogP contribution in [0.5, 0.6) is 0 Å². The number of benzene rings is 2. The normalized spacial score (nSPS) is 11.7. The highest BCUT2D eigenvalue weighted by Crippen LogP contribution is 2.21. The maximum absolute atomic E-state index is 12.8. The number of aryl methyl sites for hydroxylation is 1. The van der Waals surface area contributed by atoms with Crippen LogP contribution in [0.3, 0.4) is 0 Å². The summed E-state index contributed by atoms with van der Waals surface area (Å²) in [6, 6.07) is 13.0. The zero-order valence-electron chi connectivity index (χ0n) is 15.7. The summed E-state index contributed by atoms with van der Waals surface area (Å²) in [7, 11) is 0. The molecule has 0 aliphatic carbocycles. The molecule has 0 saturated carbocycles. The van der Waals surface area contributed by atoms with E-state index in [1.165, 1.54) is 18.2 Å². The van der Waals surface area contributed by atoms with E-state index in [1.54, 1.807) is 5.32 Å². The number of carbonyl (C=O) groups excluding carboxylic acids is 1. The molecule has 2 heterocycles. The summed E-state index contributed by atoms with van der Waals surface area (Å²) in [6.07, 6.45) is -4.58. The lowest BCUT2D eigenvalue weighted by Gasteiger charge is -2.09. The molecule has 8 nitrogen and oxygen atoms in total. The number of halogens is 3. The third-order valence-electron chi connectivity index (χ3n) is 4.56. The summed E-state index contributed by atoms with van der Waals surface area (Å²) < 4.78 is 38.3. The molecule has 11 heteroatoms. The molecule has 0 atom stereocenters. The lowest BCUT2D eigenvalue weighted by Crippen LogP contribution is -2.36. The predicted octanol–water partition coefficient (Wildman–Crippen LogP) is 2.38. The number of fused-ring (bicyclic) bond motifs is 2. The SMILES string of the molecule is O=C(Nc1ccc2nc3c(=O)n(CCc4ccccc4)c(=O)[nH]c3nc2c1)C(F)(F)F. The van der Waals surface area contributed by atoms with Crippen molar-refractivity contribution in [3.63, 3.8) is 0 Å². The van der Waals surface area contributed by atoms with E-state index in [4.69, 9.17) is 0 Å². The number of nitrogens with one attached hydrogen (secondary N) is 2. The van der Waals surface area contributed by atoms with Crippen LogP contribution in [0.2, 0.25) is 0 Å². The fourth-order valence-electron chi connectivity index (χ4n) is 3.05. The first-order chi connectivity index (χ1) is 14.7. The van der Waals surface area contributed by atoms with Crippen LogP contribution in [-0.4, -0.2) is 31.6 Å². The van der Waals surface area contributed by atoms with Crippen molar-refractivity contribution in [3.05, 3.63) is 74.9 Å². The Bertz CT molecular complexity index is 1410. The van der Waals surface area contributed by atoms with Crippen LogP contribution in [0.15, 0.2) is 58.1 Å². The second kappa shape index (κ2) is 7.67. The van der Waals surface area contributed by atoms with Crippen LogP contribution >= 0.6 is 0 Å². The Morgan fingerprint density at radius 3 is 2.48 bits per heavy atom. The van der Waals surface area contributed by atoms with Gasteiger partial charge in [0, 0.05) is 12.2 Å². The number of nitrogens with zero attached hydrogens (tertiary/aromatic N) is 3. The third-order valence-corrected chi connectivity index (χ3v) is 4.56. The lowest BCUT2D eigenvalue weighted by molar-refractivity contribution is -0.167. The first kappa shape index (κ1) is 20.3. The van der Waals surface area contributed by atoms with Crippen LogP contribution in [-0.2, 0) is 17.8 Å². The van der Waals surface area contributed by atoms with Gasteiger partial charge in [-0.3, -0.25) is 19.1 Å². The molecule has 0 saturated heterocycles. The Kier molecular flexibility index (Phi) is 5.01. The van der Waals surface area contributed by atoms with Crippen LogP contribution in [0.1, 0.15) is 5.56 Å². The minimum absolute atomic E-state index is 0.0766. The highest BCUT2D eigenvalue weighted by Gasteiger charge is 2.38. The molecule has 158 valence electrons. The average Bonchev–Trinajstić information content (AvgIpc) is 2.72. The van der Waals surface area contributed by atoms with Crippen molar-refractivity contribution in [2.24, 2.45) is 0 Å². The fourth-order valence-corrected chi connectivity index (χ4v) is 3.05. The Morgan fingerprint density at radius 2 is 1.77 bits per heavy atom. The van der Waals surface area contributed by atoms with Gasteiger partial charge in [-0.1, -0.05) is 30.3 Å². The zero-order chi connectivity index (χ0) is 22.2. The van der Waals surface area contributed by atoms with Gasteiger partial charge in [-0.25, -0.2) is 14.8 Å². The van der Waals surface area contributed by atoms with Crippen molar-refractivity contribution in [2.45, 2.75) is 19.1 Å². The first-order valence-electron chi connectivity index (χ1n) is 9.09. The van der Waals surface area contributed by atoms with E-state index in [0.717, 1.165) is 10.1 Å². The number of hydrogen-bond acceptors (Lipinski definition) is 5. The molecule has 4 rings (SSSR count). The number of rotatable bonds is 4. The van der Waals surface area contributed by atoms with Gasteiger partial charge >= 0.3 is 17.8 Å². The second-order valence-electron chi connectivity index (χ2n) is 6.70. The Morgan fingerprint density at radius 1 is 1.03 bits per heavy atom. The van der Waals surface area contributed by atoms with E-state index in [9.17, 15) is 27.6 Å². The van der Waals surface area contributed by atoms with Gasteiger partial charge in [0.1, 0.15) is 0 Å². The second-order valence-corrected chi connectivity index (χ2v) is 6.70. The number of carbonyl (C=O) groups is 1. The van der Waals surface area contributed by atoms with Crippen molar-refractivity contribution in [1.82, 2.24) is 19.5 Å². The molecule has 1 amide bonds. The minimum Gasteiger partial charge on any atom is -0.318 e. The van der Waals surface area contributed by atoms with Crippen molar-refractivity contribution in [3.8, 4) is 0 Å². The van der Waals surface area contributed by atoms with Crippen LogP contribution in [0.25, 0.3) is 22.2 Å². The molecule has 31 heavy (non-hydrogen) atoms. The van der Waals surface area contributed by atoms with Gasteiger partial charge in [-0.15, -0.1) is 0 Å². The van der Waals surface area contributed by atoms with Gasteiger partial charge in [0.05, 0.1) is 11.0 Å². The molecule has 4 aromatic rings. The third kappa shape index (κ3) is 4.15. The van der Waals surface area contributed by atoms with Crippen LogP contribution < -0.4 is 16.6 Å². The topological polar surface area (TPSA) is 110 Å². The molecule has 0 aliphatic heterocycles. The Hall–Kier alpha value is -4.02. The molecular formula is C20H14F3N5O3. The van der Waals surface area contributed by atoms with Gasteiger partial charge in [0.25, 0.3) is 5.56 Å². The number of H-pyrrole nitrogens is 1.